The van der Waals surface area contributed by atoms with Crippen molar-refractivity contribution >= 4 is 6.34 Å². The Balaban J connectivity index is 1.81. The fraction of sp³-hybridized carbons (Fsp3) is 0.909. The summed E-state index contributed by atoms with van der Waals surface area (Å²) in [6.45, 7) is 1.02. The van der Waals surface area contributed by atoms with Crippen LogP contribution < -0.4 is 5.32 Å². The third kappa shape index (κ3) is 2.45. The standard InChI is InChI=1S/C11H20N2/c1-2-4-6-10(7-5-3-1)11-8-12-9-13-11/h9-11H,1-8H2,(H,12,13). The van der Waals surface area contributed by atoms with E-state index in [9.17, 15) is 0 Å². The maximum absolute atomic E-state index is 4.26. The molecule has 0 amide bonds. The summed E-state index contributed by atoms with van der Waals surface area (Å²) in [6.07, 6.45) is 12.0. The normalized spacial score (nSPS) is 30.9. The van der Waals surface area contributed by atoms with E-state index in [2.05, 4.69) is 10.3 Å². The molecule has 2 rings (SSSR count). The number of hydrogen-bond acceptors (Lipinski definition) is 2. The monoisotopic (exact) mass is 180 g/mol. The Morgan fingerprint density at radius 3 is 2.31 bits per heavy atom. The van der Waals surface area contributed by atoms with Crippen LogP contribution in [0.2, 0.25) is 0 Å². The molecule has 1 atom stereocenters. The maximum Gasteiger partial charge on any atom is 0.0827 e. The summed E-state index contributed by atoms with van der Waals surface area (Å²) in [4.78, 5) is 4.26. The van der Waals surface area contributed by atoms with Crippen LogP contribution in [-0.4, -0.2) is 18.9 Å². The smallest absolute Gasteiger partial charge is 0.0827 e. The van der Waals surface area contributed by atoms with E-state index in [0.29, 0.717) is 6.04 Å². The minimum absolute atomic E-state index is 0.665. The van der Waals surface area contributed by atoms with Crippen molar-refractivity contribution in [3.05, 3.63) is 0 Å². The van der Waals surface area contributed by atoms with Gasteiger partial charge in [-0.05, 0) is 18.8 Å². The van der Waals surface area contributed by atoms with Gasteiger partial charge in [0.05, 0.1) is 12.9 Å². The highest BCUT2D eigenvalue weighted by atomic mass is 15.1. The highest BCUT2D eigenvalue weighted by Crippen LogP contribution is 2.25. The van der Waals surface area contributed by atoms with Gasteiger partial charge in [0.25, 0.3) is 0 Å². The zero-order chi connectivity index (χ0) is 8.93. The summed E-state index contributed by atoms with van der Waals surface area (Å²) in [7, 11) is 0. The molecular weight excluding hydrogens is 160 g/mol. The van der Waals surface area contributed by atoms with Crippen LogP contribution in [-0.2, 0) is 0 Å². The van der Waals surface area contributed by atoms with E-state index in [1.54, 1.807) is 0 Å². The first-order valence-electron chi connectivity index (χ1n) is 5.71. The van der Waals surface area contributed by atoms with Crippen LogP contribution in [0.3, 0.4) is 0 Å². The van der Waals surface area contributed by atoms with Crippen molar-refractivity contribution in [2.24, 2.45) is 10.9 Å². The molecule has 0 spiro atoms. The SMILES string of the molecule is C1=NCC(C2CCCCCCC2)N1. The molecule has 0 bridgehead atoms. The summed E-state index contributed by atoms with van der Waals surface area (Å²) in [5, 5.41) is 3.38. The molecule has 1 aliphatic heterocycles. The Hall–Kier alpha value is -0.530. The number of hydrogen-bond donors (Lipinski definition) is 1. The van der Waals surface area contributed by atoms with Gasteiger partial charge in [0, 0.05) is 6.04 Å². The Kier molecular flexibility index (Phi) is 3.22. The van der Waals surface area contributed by atoms with Crippen LogP contribution in [0.4, 0.5) is 0 Å². The molecule has 0 aromatic rings. The molecule has 0 aromatic heterocycles. The molecule has 13 heavy (non-hydrogen) atoms. The highest BCUT2D eigenvalue weighted by Gasteiger charge is 2.22. The molecule has 2 nitrogen and oxygen atoms in total. The molecule has 0 radical (unpaired) electrons. The van der Waals surface area contributed by atoms with E-state index in [1.807, 2.05) is 6.34 Å². The van der Waals surface area contributed by atoms with Crippen LogP contribution in [0.1, 0.15) is 44.9 Å². The van der Waals surface area contributed by atoms with Gasteiger partial charge in [-0.15, -0.1) is 0 Å². The van der Waals surface area contributed by atoms with Gasteiger partial charge in [0.1, 0.15) is 0 Å². The van der Waals surface area contributed by atoms with Crippen molar-refractivity contribution < 1.29 is 0 Å². The van der Waals surface area contributed by atoms with Crippen molar-refractivity contribution in [2.75, 3.05) is 6.54 Å². The lowest BCUT2D eigenvalue weighted by molar-refractivity contribution is 0.320. The number of nitrogens with one attached hydrogen (secondary N) is 1. The quantitative estimate of drug-likeness (QED) is 0.658. The fourth-order valence-corrected chi connectivity index (χ4v) is 2.54. The maximum atomic E-state index is 4.26. The first-order chi connectivity index (χ1) is 6.47. The van der Waals surface area contributed by atoms with Crippen LogP contribution in [0.15, 0.2) is 4.99 Å². The lowest BCUT2D eigenvalue weighted by atomic mass is 9.86. The van der Waals surface area contributed by atoms with Crippen LogP contribution >= 0.6 is 0 Å². The lowest BCUT2D eigenvalue weighted by Gasteiger charge is -2.24. The van der Waals surface area contributed by atoms with Gasteiger partial charge in [0.15, 0.2) is 0 Å². The van der Waals surface area contributed by atoms with Gasteiger partial charge < -0.3 is 5.32 Å². The van der Waals surface area contributed by atoms with Gasteiger partial charge in [-0.2, -0.15) is 0 Å². The Labute approximate surface area is 80.8 Å². The number of rotatable bonds is 1. The molecule has 2 heteroatoms. The zero-order valence-corrected chi connectivity index (χ0v) is 8.34. The van der Waals surface area contributed by atoms with E-state index in [0.717, 1.165) is 12.5 Å². The second kappa shape index (κ2) is 4.64. The van der Waals surface area contributed by atoms with E-state index >= 15 is 0 Å². The molecular formula is C11H20N2. The third-order valence-corrected chi connectivity index (χ3v) is 3.40. The minimum Gasteiger partial charge on any atom is -0.372 e. The van der Waals surface area contributed by atoms with Crippen LogP contribution in [0, 0.1) is 5.92 Å². The fourth-order valence-electron chi connectivity index (χ4n) is 2.54. The third-order valence-electron chi connectivity index (χ3n) is 3.40. The van der Waals surface area contributed by atoms with E-state index in [1.165, 1.54) is 44.9 Å². The molecule has 1 unspecified atom stereocenters. The number of nitrogens with zero attached hydrogens (tertiary/aromatic N) is 1. The summed E-state index contributed by atoms with van der Waals surface area (Å²) in [5.74, 6) is 0.891. The predicted octanol–water partition coefficient (Wildman–Crippen LogP) is 2.35. The van der Waals surface area contributed by atoms with Crippen molar-refractivity contribution in [2.45, 2.75) is 51.0 Å². The molecule has 0 saturated heterocycles. The molecule has 1 aliphatic carbocycles. The second-order valence-electron chi connectivity index (χ2n) is 4.37. The molecule has 1 fully saturated rings. The van der Waals surface area contributed by atoms with Crippen molar-refractivity contribution in [3.63, 3.8) is 0 Å². The van der Waals surface area contributed by atoms with Crippen molar-refractivity contribution in [1.29, 1.82) is 0 Å². The number of aliphatic imine (C=N–C) groups is 1. The van der Waals surface area contributed by atoms with Crippen molar-refractivity contribution in [3.8, 4) is 0 Å². The summed E-state index contributed by atoms with van der Waals surface area (Å²) in [5.41, 5.74) is 0. The topological polar surface area (TPSA) is 24.4 Å². The van der Waals surface area contributed by atoms with Gasteiger partial charge in [-0.1, -0.05) is 32.1 Å². The molecule has 0 aromatic carbocycles. The Morgan fingerprint density at radius 2 is 1.69 bits per heavy atom. The molecule has 1 heterocycles. The predicted molar refractivity (Wildman–Crippen MR) is 56.1 cm³/mol. The summed E-state index contributed by atoms with van der Waals surface area (Å²) < 4.78 is 0. The lowest BCUT2D eigenvalue weighted by Crippen LogP contribution is -2.33. The molecule has 74 valence electrons. The first kappa shape index (κ1) is 9.04. The molecule has 1 N–H and O–H groups in total. The first-order valence-corrected chi connectivity index (χ1v) is 5.71. The minimum atomic E-state index is 0.665. The average Bonchev–Trinajstić information content (AvgIpc) is 2.55. The van der Waals surface area contributed by atoms with Gasteiger partial charge >= 0.3 is 0 Å². The van der Waals surface area contributed by atoms with E-state index in [-0.39, 0.29) is 0 Å². The zero-order valence-electron chi connectivity index (χ0n) is 8.34. The van der Waals surface area contributed by atoms with Gasteiger partial charge in [-0.3, -0.25) is 4.99 Å². The Morgan fingerprint density at radius 1 is 1.00 bits per heavy atom. The van der Waals surface area contributed by atoms with Crippen molar-refractivity contribution in [1.82, 2.24) is 5.32 Å². The summed E-state index contributed by atoms with van der Waals surface area (Å²) >= 11 is 0. The van der Waals surface area contributed by atoms with Gasteiger partial charge in [-0.25, -0.2) is 0 Å². The highest BCUT2D eigenvalue weighted by molar-refractivity contribution is 5.57. The largest absolute Gasteiger partial charge is 0.372 e. The second-order valence-corrected chi connectivity index (χ2v) is 4.37. The molecule has 2 aliphatic rings. The van der Waals surface area contributed by atoms with E-state index in [4.69, 9.17) is 0 Å². The van der Waals surface area contributed by atoms with Gasteiger partial charge in [0.2, 0.25) is 0 Å². The summed E-state index contributed by atoms with van der Waals surface area (Å²) in [6, 6.07) is 0.665. The van der Waals surface area contributed by atoms with Crippen LogP contribution in [0.5, 0.6) is 0 Å². The van der Waals surface area contributed by atoms with Crippen LogP contribution in [0.25, 0.3) is 0 Å². The Bertz CT molecular complexity index is 161. The van der Waals surface area contributed by atoms with E-state index < -0.39 is 0 Å². The molecule has 1 saturated carbocycles. The average molecular weight is 180 g/mol.